The number of rotatable bonds is 5. The summed E-state index contributed by atoms with van der Waals surface area (Å²) >= 11 is 0. The van der Waals surface area contributed by atoms with Crippen molar-refractivity contribution in [3.8, 4) is 0 Å². The predicted octanol–water partition coefficient (Wildman–Crippen LogP) is 2.62. The van der Waals surface area contributed by atoms with Crippen molar-refractivity contribution in [2.24, 2.45) is 28.6 Å². The van der Waals surface area contributed by atoms with Gasteiger partial charge in [-0.2, -0.15) is 0 Å². The topological polar surface area (TPSA) is 159 Å². The van der Waals surface area contributed by atoms with Crippen molar-refractivity contribution < 1.29 is 52.8 Å². The first-order valence-corrected chi connectivity index (χ1v) is 15.1. The maximum Gasteiger partial charge on any atom is 0.335 e. The minimum Gasteiger partial charge on any atom is -0.472 e. The van der Waals surface area contributed by atoms with Gasteiger partial charge in [0.25, 0.3) is 0 Å². The van der Waals surface area contributed by atoms with Gasteiger partial charge in [-0.25, -0.2) is 4.79 Å². The molecule has 234 valence electrons. The van der Waals surface area contributed by atoms with Gasteiger partial charge in [0, 0.05) is 34.2 Å². The van der Waals surface area contributed by atoms with E-state index in [9.17, 15) is 29.4 Å². The number of cyclic esters (lactones) is 1. The molecule has 12 atom stereocenters. The van der Waals surface area contributed by atoms with E-state index in [1.807, 2.05) is 20.8 Å². The molecule has 3 saturated heterocycles. The van der Waals surface area contributed by atoms with Crippen LogP contribution in [0.3, 0.4) is 0 Å². The molecule has 43 heavy (non-hydrogen) atoms. The number of aliphatic hydroxyl groups is 2. The molecule has 5 aliphatic rings. The maximum absolute atomic E-state index is 14.0. The van der Waals surface area contributed by atoms with E-state index >= 15 is 0 Å². The van der Waals surface area contributed by atoms with E-state index < -0.39 is 94.3 Å². The molecule has 1 saturated carbocycles. The van der Waals surface area contributed by atoms with Crippen molar-refractivity contribution in [3.05, 3.63) is 35.3 Å². The summed E-state index contributed by atoms with van der Waals surface area (Å²) in [6.07, 6.45) is -2.33. The Hall–Kier alpha value is -3.02. The number of esters is 3. The van der Waals surface area contributed by atoms with Gasteiger partial charge < -0.3 is 33.6 Å². The number of hydrogen-bond donors (Lipinski definition) is 2. The van der Waals surface area contributed by atoms with Gasteiger partial charge >= 0.3 is 17.9 Å². The second-order valence-corrected chi connectivity index (χ2v) is 13.7. The Bertz CT molecular complexity index is 1380. The van der Waals surface area contributed by atoms with Crippen molar-refractivity contribution in [1.29, 1.82) is 0 Å². The minimum absolute atomic E-state index is 0.0331. The van der Waals surface area contributed by atoms with Gasteiger partial charge in [-0.1, -0.05) is 39.7 Å². The normalized spacial score (nSPS) is 43.4. The van der Waals surface area contributed by atoms with Gasteiger partial charge in [-0.15, -0.1) is 0 Å². The van der Waals surface area contributed by atoms with Crippen LogP contribution in [-0.2, 0) is 38.1 Å². The Balaban J connectivity index is 1.56. The number of Topliss-reactive ketones (excluding diaryl/α,β-unsaturated/α-hetero) is 1. The van der Waals surface area contributed by atoms with Crippen LogP contribution < -0.4 is 0 Å². The van der Waals surface area contributed by atoms with E-state index in [0.29, 0.717) is 23.1 Å². The van der Waals surface area contributed by atoms with Gasteiger partial charge in [0.15, 0.2) is 11.9 Å². The number of carbonyl (C=O) groups is 4. The van der Waals surface area contributed by atoms with Crippen molar-refractivity contribution >= 4 is 23.7 Å². The number of ether oxygens (including phenoxy) is 4. The summed E-state index contributed by atoms with van der Waals surface area (Å²) in [6, 6.07) is 1.67. The summed E-state index contributed by atoms with van der Waals surface area (Å²) in [6.45, 7) is 10.8. The van der Waals surface area contributed by atoms with Crippen LogP contribution >= 0.6 is 0 Å². The van der Waals surface area contributed by atoms with E-state index in [4.69, 9.17) is 23.4 Å². The first-order chi connectivity index (χ1) is 20.2. The van der Waals surface area contributed by atoms with Crippen LogP contribution in [0.25, 0.3) is 0 Å². The second-order valence-electron chi connectivity index (χ2n) is 13.7. The van der Waals surface area contributed by atoms with E-state index in [-0.39, 0.29) is 19.4 Å². The van der Waals surface area contributed by atoms with Gasteiger partial charge in [0.2, 0.25) is 0 Å². The summed E-state index contributed by atoms with van der Waals surface area (Å²) in [4.78, 5) is 53.4. The zero-order chi connectivity index (χ0) is 31.2. The van der Waals surface area contributed by atoms with Crippen LogP contribution in [0.4, 0.5) is 0 Å². The lowest BCUT2D eigenvalue weighted by atomic mass is 9.52. The predicted molar refractivity (Wildman–Crippen MR) is 147 cm³/mol. The SMILES string of the molecule is CC[C@@H](C)[C@@H](O)C(=O)O[C@H]1[C@@H]2O[C@H]3CC(=O)O[C@]4(C)COC(=O)C[C@@H]4[C@@]3(C)[C@@H]2C(C)=C2C(=O)[C@H](O)[C@@H](c3ccoc3)[C@@]21C. The summed E-state index contributed by atoms with van der Waals surface area (Å²) in [7, 11) is 0. The van der Waals surface area contributed by atoms with Gasteiger partial charge in [0.1, 0.15) is 30.5 Å². The third-order valence-electron chi connectivity index (χ3n) is 11.4. The van der Waals surface area contributed by atoms with Crippen LogP contribution in [0.5, 0.6) is 0 Å². The quantitative estimate of drug-likeness (QED) is 0.378. The second kappa shape index (κ2) is 10.0. The third kappa shape index (κ3) is 4.03. The first kappa shape index (κ1) is 30.0. The summed E-state index contributed by atoms with van der Waals surface area (Å²) in [5.74, 6) is -4.65. The van der Waals surface area contributed by atoms with E-state index in [2.05, 4.69) is 0 Å². The summed E-state index contributed by atoms with van der Waals surface area (Å²) in [5, 5.41) is 22.3. The smallest absolute Gasteiger partial charge is 0.335 e. The molecule has 0 radical (unpaired) electrons. The van der Waals surface area contributed by atoms with E-state index in [1.165, 1.54) is 12.5 Å². The fourth-order valence-corrected chi connectivity index (χ4v) is 9.14. The Labute approximate surface area is 249 Å². The lowest BCUT2D eigenvalue weighted by Gasteiger charge is -2.53. The van der Waals surface area contributed by atoms with E-state index in [1.54, 1.807) is 26.8 Å². The van der Waals surface area contributed by atoms with Crippen molar-refractivity contribution in [1.82, 2.24) is 0 Å². The molecular formula is C32H40O11. The highest BCUT2D eigenvalue weighted by atomic mass is 16.6. The fourth-order valence-electron chi connectivity index (χ4n) is 9.14. The molecule has 0 unspecified atom stereocenters. The van der Waals surface area contributed by atoms with Crippen LogP contribution in [0.2, 0.25) is 0 Å². The molecule has 11 nitrogen and oxygen atoms in total. The molecule has 0 bridgehead atoms. The molecule has 1 aromatic heterocycles. The Morgan fingerprint density at radius 1 is 1.14 bits per heavy atom. The zero-order valence-electron chi connectivity index (χ0n) is 25.3. The first-order valence-electron chi connectivity index (χ1n) is 15.1. The fraction of sp³-hybridized carbons (Fsp3) is 0.688. The van der Waals surface area contributed by atoms with Gasteiger partial charge in [0.05, 0.1) is 31.5 Å². The lowest BCUT2D eigenvalue weighted by molar-refractivity contribution is -0.198. The van der Waals surface area contributed by atoms with Gasteiger partial charge in [-0.05, 0) is 31.4 Å². The molecule has 11 heteroatoms. The average molecular weight is 601 g/mol. The van der Waals surface area contributed by atoms with Crippen LogP contribution in [0, 0.1) is 28.6 Å². The lowest BCUT2D eigenvalue weighted by Crippen LogP contribution is -2.59. The molecular weight excluding hydrogens is 560 g/mol. The molecule has 2 N–H and O–H groups in total. The third-order valence-corrected chi connectivity index (χ3v) is 11.4. The monoisotopic (exact) mass is 600 g/mol. The average Bonchev–Trinajstić information content (AvgIpc) is 3.61. The molecule has 0 amide bonds. The highest BCUT2D eigenvalue weighted by Gasteiger charge is 2.74. The Kier molecular flexibility index (Phi) is 6.98. The number of aliphatic hydroxyl groups excluding tert-OH is 2. The molecule has 0 spiro atoms. The molecule has 4 heterocycles. The zero-order valence-corrected chi connectivity index (χ0v) is 25.3. The number of hydrogen-bond acceptors (Lipinski definition) is 11. The molecule has 6 rings (SSSR count). The highest BCUT2D eigenvalue weighted by Crippen LogP contribution is 2.68. The summed E-state index contributed by atoms with van der Waals surface area (Å²) < 4.78 is 29.6. The molecule has 3 aliphatic heterocycles. The molecule has 1 aromatic rings. The molecule has 0 aromatic carbocycles. The Morgan fingerprint density at radius 3 is 2.51 bits per heavy atom. The Morgan fingerprint density at radius 2 is 1.86 bits per heavy atom. The summed E-state index contributed by atoms with van der Waals surface area (Å²) in [5.41, 5.74) is -1.81. The van der Waals surface area contributed by atoms with Crippen LogP contribution in [0.1, 0.15) is 72.3 Å². The van der Waals surface area contributed by atoms with Crippen molar-refractivity contribution in [2.45, 2.75) is 103 Å². The molecule has 4 fully saturated rings. The van der Waals surface area contributed by atoms with Gasteiger partial charge in [-0.3, -0.25) is 14.4 Å². The number of carbonyl (C=O) groups excluding carboxylic acids is 4. The number of ketones is 1. The minimum atomic E-state index is -1.45. The van der Waals surface area contributed by atoms with Crippen molar-refractivity contribution in [3.63, 3.8) is 0 Å². The van der Waals surface area contributed by atoms with Crippen LogP contribution in [-0.4, -0.2) is 76.6 Å². The standard InChI is InChI=1S/C32H40O11/c1-7-14(2)24(35)29(38)42-28-27-22(15(3)21-25(36)26(37)23(32(21,28)6)16-8-9-39-12-16)31(5)17-10-19(33)40-13-30(17,4)43-20(34)11-18(31)41-27/h8-9,12,14,17-18,22-24,26-28,35,37H,7,10-11,13H2,1-6H3/t14-,17+,18+,22-,23-,24-,26-,27-,28+,30-,31-,32-/m1/s1. The van der Waals surface area contributed by atoms with E-state index in [0.717, 1.165) is 0 Å². The van der Waals surface area contributed by atoms with Crippen molar-refractivity contribution in [2.75, 3.05) is 6.61 Å². The number of furan rings is 1. The maximum atomic E-state index is 14.0. The number of fused-ring (bicyclic) bond motifs is 6. The highest BCUT2D eigenvalue weighted by molar-refractivity contribution is 6.05. The largest absolute Gasteiger partial charge is 0.472 e. The molecule has 2 aliphatic carbocycles. The van der Waals surface area contributed by atoms with Crippen LogP contribution in [0.15, 0.2) is 34.2 Å².